The molecule has 0 spiro atoms. The van der Waals surface area contributed by atoms with E-state index in [0.717, 1.165) is 11.3 Å². The second-order valence-electron chi connectivity index (χ2n) is 4.23. The molecule has 0 aromatic heterocycles. The number of ether oxygens (including phenoxy) is 1. The summed E-state index contributed by atoms with van der Waals surface area (Å²) in [4.78, 5) is 1.89. The molecule has 1 aromatic rings. The normalized spacial score (nSPS) is 12.6. The molecule has 3 heteroatoms. The van der Waals surface area contributed by atoms with Gasteiger partial charge in [-0.25, -0.2) is 0 Å². The summed E-state index contributed by atoms with van der Waals surface area (Å²) in [7, 11) is 3.79. The third-order valence-electron chi connectivity index (χ3n) is 2.21. The minimum Gasteiger partial charge on any atom is -0.491 e. The minimum atomic E-state index is -0.201. The van der Waals surface area contributed by atoms with Gasteiger partial charge in [0.1, 0.15) is 11.8 Å². The molecule has 0 heterocycles. The highest BCUT2D eigenvalue weighted by Gasteiger charge is 2.12. The van der Waals surface area contributed by atoms with Gasteiger partial charge in [-0.3, -0.25) is 4.90 Å². The van der Waals surface area contributed by atoms with Crippen molar-refractivity contribution in [2.45, 2.75) is 26.0 Å². The van der Waals surface area contributed by atoms with Gasteiger partial charge in [0.25, 0.3) is 0 Å². The summed E-state index contributed by atoms with van der Waals surface area (Å²) in [5.41, 5.74) is 0.989. The molecule has 1 atom stereocenters. The summed E-state index contributed by atoms with van der Waals surface area (Å²) in [6.07, 6.45) is 0.173. The van der Waals surface area contributed by atoms with E-state index >= 15 is 0 Å². The van der Waals surface area contributed by atoms with Crippen LogP contribution in [-0.4, -0.2) is 25.1 Å². The Hall–Kier alpha value is -1.53. The van der Waals surface area contributed by atoms with Crippen molar-refractivity contribution in [2.24, 2.45) is 0 Å². The molecule has 0 saturated carbocycles. The molecule has 0 amide bonds. The monoisotopic (exact) mass is 218 g/mol. The van der Waals surface area contributed by atoms with Gasteiger partial charge in [-0.1, -0.05) is 12.1 Å². The van der Waals surface area contributed by atoms with Crippen LogP contribution >= 0.6 is 0 Å². The molecule has 0 aliphatic rings. The fourth-order valence-electron chi connectivity index (χ4n) is 1.49. The highest BCUT2D eigenvalue weighted by Crippen LogP contribution is 2.21. The molecule has 86 valence electrons. The lowest BCUT2D eigenvalue weighted by molar-refractivity contribution is 0.242. The highest BCUT2D eigenvalue weighted by molar-refractivity contribution is 5.31. The summed E-state index contributed by atoms with van der Waals surface area (Å²) in [5.74, 6) is 0.842. The molecule has 0 saturated heterocycles. The Labute approximate surface area is 97.3 Å². The number of hydrogen-bond donors (Lipinski definition) is 0. The van der Waals surface area contributed by atoms with Crippen LogP contribution in [-0.2, 0) is 0 Å². The van der Waals surface area contributed by atoms with E-state index in [1.165, 1.54) is 0 Å². The van der Waals surface area contributed by atoms with Gasteiger partial charge < -0.3 is 4.74 Å². The van der Waals surface area contributed by atoms with Crippen molar-refractivity contribution >= 4 is 0 Å². The maximum absolute atomic E-state index is 9.04. The summed E-state index contributed by atoms with van der Waals surface area (Å²) in [5, 5.41) is 9.04. The van der Waals surface area contributed by atoms with Crippen LogP contribution in [0.5, 0.6) is 5.75 Å². The summed E-state index contributed by atoms with van der Waals surface area (Å²) < 4.78 is 5.55. The first-order chi connectivity index (χ1) is 7.54. The van der Waals surface area contributed by atoms with Crippen molar-refractivity contribution < 1.29 is 4.74 Å². The van der Waals surface area contributed by atoms with E-state index in [-0.39, 0.29) is 12.1 Å². The van der Waals surface area contributed by atoms with Gasteiger partial charge in [0.15, 0.2) is 0 Å². The molecule has 3 nitrogen and oxygen atoms in total. The molecule has 0 N–H and O–H groups in total. The van der Waals surface area contributed by atoms with Crippen molar-refractivity contribution in [3.05, 3.63) is 29.8 Å². The fourth-order valence-corrected chi connectivity index (χ4v) is 1.49. The first-order valence-electron chi connectivity index (χ1n) is 5.37. The molecule has 16 heavy (non-hydrogen) atoms. The van der Waals surface area contributed by atoms with Gasteiger partial charge in [-0.05, 0) is 45.6 Å². The van der Waals surface area contributed by atoms with Gasteiger partial charge in [0.05, 0.1) is 12.2 Å². The van der Waals surface area contributed by atoms with E-state index in [1.54, 1.807) is 0 Å². The molecule has 0 aliphatic heterocycles. The molecule has 0 radical (unpaired) electrons. The van der Waals surface area contributed by atoms with Gasteiger partial charge in [-0.15, -0.1) is 0 Å². The van der Waals surface area contributed by atoms with Crippen molar-refractivity contribution in [1.29, 1.82) is 5.26 Å². The van der Waals surface area contributed by atoms with E-state index in [9.17, 15) is 0 Å². The van der Waals surface area contributed by atoms with Crippen LogP contribution in [0.1, 0.15) is 25.5 Å². The first-order valence-corrected chi connectivity index (χ1v) is 5.37. The maximum Gasteiger partial charge on any atom is 0.123 e. The SMILES string of the molecule is CC(C)Oc1ccc(C(C#N)N(C)C)cc1. The van der Waals surface area contributed by atoms with E-state index < -0.39 is 0 Å². The number of nitrogens with zero attached hydrogens (tertiary/aromatic N) is 2. The van der Waals surface area contributed by atoms with Crippen LogP contribution in [0.4, 0.5) is 0 Å². The molecular formula is C13H18N2O. The van der Waals surface area contributed by atoms with Crippen LogP contribution in [0.25, 0.3) is 0 Å². The average Bonchev–Trinajstić information content (AvgIpc) is 2.20. The molecule has 0 fully saturated rings. The van der Waals surface area contributed by atoms with Gasteiger partial charge in [0, 0.05) is 0 Å². The maximum atomic E-state index is 9.04. The van der Waals surface area contributed by atoms with E-state index in [0.29, 0.717) is 0 Å². The number of nitriles is 1. The first kappa shape index (κ1) is 12.5. The third kappa shape index (κ3) is 3.25. The van der Waals surface area contributed by atoms with E-state index in [1.807, 2.05) is 57.1 Å². The number of benzene rings is 1. The van der Waals surface area contributed by atoms with Crippen LogP contribution in [0, 0.1) is 11.3 Å². The lowest BCUT2D eigenvalue weighted by Crippen LogP contribution is -2.18. The number of rotatable bonds is 4. The Morgan fingerprint density at radius 2 is 1.75 bits per heavy atom. The third-order valence-corrected chi connectivity index (χ3v) is 2.21. The molecule has 1 unspecified atom stereocenters. The molecule has 0 bridgehead atoms. The van der Waals surface area contributed by atoms with E-state index in [2.05, 4.69) is 6.07 Å². The van der Waals surface area contributed by atoms with Crippen LogP contribution < -0.4 is 4.74 Å². The molecular weight excluding hydrogens is 200 g/mol. The predicted octanol–water partition coefficient (Wildman–Crippen LogP) is 2.60. The minimum absolute atomic E-state index is 0.173. The quantitative estimate of drug-likeness (QED) is 0.779. The summed E-state index contributed by atoms with van der Waals surface area (Å²) >= 11 is 0. The fraction of sp³-hybridized carbons (Fsp3) is 0.462. The van der Waals surface area contributed by atoms with Crippen molar-refractivity contribution in [2.75, 3.05) is 14.1 Å². The Morgan fingerprint density at radius 1 is 1.19 bits per heavy atom. The predicted molar refractivity (Wildman–Crippen MR) is 64.2 cm³/mol. The average molecular weight is 218 g/mol. The lowest BCUT2D eigenvalue weighted by Gasteiger charge is -2.18. The van der Waals surface area contributed by atoms with Crippen LogP contribution in [0.2, 0.25) is 0 Å². The van der Waals surface area contributed by atoms with E-state index in [4.69, 9.17) is 10.00 Å². The topological polar surface area (TPSA) is 36.3 Å². The second-order valence-corrected chi connectivity index (χ2v) is 4.23. The van der Waals surface area contributed by atoms with Crippen LogP contribution in [0.3, 0.4) is 0 Å². The summed E-state index contributed by atoms with van der Waals surface area (Å²) in [6, 6.07) is 9.75. The van der Waals surface area contributed by atoms with Gasteiger partial charge in [0.2, 0.25) is 0 Å². The Morgan fingerprint density at radius 3 is 2.12 bits per heavy atom. The Kier molecular flexibility index (Phi) is 4.33. The smallest absolute Gasteiger partial charge is 0.123 e. The molecule has 0 aliphatic carbocycles. The van der Waals surface area contributed by atoms with Crippen LogP contribution in [0.15, 0.2) is 24.3 Å². The van der Waals surface area contributed by atoms with Crippen molar-refractivity contribution in [3.8, 4) is 11.8 Å². The second kappa shape index (κ2) is 5.53. The van der Waals surface area contributed by atoms with Crippen molar-refractivity contribution in [1.82, 2.24) is 4.90 Å². The molecule has 1 aromatic carbocycles. The largest absolute Gasteiger partial charge is 0.491 e. The zero-order valence-corrected chi connectivity index (χ0v) is 10.3. The van der Waals surface area contributed by atoms with Crippen molar-refractivity contribution in [3.63, 3.8) is 0 Å². The zero-order chi connectivity index (χ0) is 12.1. The molecule has 1 rings (SSSR count). The Bertz CT molecular complexity index is 363. The summed E-state index contributed by atoms with van der Waals surface area (Å²) in [6.45, 7) is 3.98. The zero-order valence-electron chi connectivity index (χ0n) is 10.3. The Balaban J connectivity index is 2.82. The van der Waals surface area contributed by atoms with Gasteiger partial charge in [-0.2, -0.15) is 5.26 Å². The highest BCUT2D eigenvalue weighted by atomic mass is 16.5. The van der Waals surface area contributed by atoms with Gasteiger partial charge >= 0.3 is 0 Å². The lowest BCUT2D eigenvalue weighted by atomic mass is 10.1. The standard InChI is InChI=1S/C13H18N2O/c1-10(2)16-12-7-5-11(6-8-12)13(9-14)15(3)4/h5-8,10,13H,1-4H3. The number of hydrogen-bond acceptors (Lipinski definition) is 3.